The number of esters is 2. The number of aromatic hydroxyl groups is 2. The average molecular weight is 911 g/mol. The monoisotopic (exact) mass is 910 g/mol. The summed E-state index contributed by atoms with van der Waals surface area (Å²) in [5.74, 6) is -19.1. The third kappa shape index (κ3) is 5.94. The lowest BCUT2D eigenvalue weighted by Gasteiger charge is -2.59. The van der Waals surface area contributed by atoms with Gasteiger partial charge in [-0.1, -0.05) is 6.07 Å². The predicted octanol–water partition coefficient (Wildman–Crippen LogP) is 5.46. The molecule has 0 amide bonds. The van der Waals surface area contributed by atoms with Crippen LogP contribution in [0.15, 0.2) is 18.2 Å². The zero-order valence-corrected chi connectivity index (χ0v) is 34.4. The maximum atomic E-state index is 15.2. The SMILES string of the molecule is COc1cc2c(cc1O)CCN[C@]21CS[C@@H]2c3c(OC(=O)C(F)(F)C(F)(F)C(F)(F)F)c(C)c4c(c3[C@H](COC1=O)N1C2C2N[C@@H](Cc3cc(C)c(OC)c(O)c32)[C@@H]1C#N)OCO4. The molecule has 0 radical (unpaired) electrons. The Kier molecular flexibility index (Phi) is 9.93. The van der Waals surface area contributed by atoms with Crippen LogP contribution in [-0.4, -0.2) is 103 Å². The van der Waals surface area contributed by atoms with Crippen LogP contribution in [0.1, 0.15) is 61.8 Å². The maximum absolute atomic E-state index is 15.2. The smallest absolute Gasteiger partial charge is 0.460 e. The number of carbonyl (C=O) groups is 2. The van der Waals surface area contributed by atoms with E-state index in [9.17, 15) is 47.0 Å². The Hall–Kier alpha value is -5.37. The molecule has 1 spiro atoms. The van der Waals surface area contributed by atoms with E-state index >= 15 is 8.78 Å². The summed E-state index contributed by atoms with van der Waals surface area (Å²) in [6.07, 6.45) is -6.32. The summed E-state index contributed by atoms with van der Waals surface area (Å²) in [4.78, 5) is 29.7. The molecule has 0 aliphatic carbocycles. The van der Waals surface area contributed by atoms with Crippen molar-refractivity contribution in [3.05, 3.63) is 62.7 Å². The molecule has 2 fully saturated rings. The van der Waals surface area contributed by atoms with Crippen LogP contribution < -0.4 is 34.3 Å². The van der Waals surface area contributed by atoms with Crippen LogP contribution in [0.3, 0.4) is 0 Å². The van der Waals surface area contributed by atoms with Gasteiger partial charge in [0, 0.05) is 46.6 Å². The van der Waals surface area contributed by atoms with E-state index < -0.39 is 90.1 Å². The van der Waals surface area contributed by atoms with E-state index in [2.05, 4.69) is 16.7 Å². The number of phenols is 2. The van der Waals surface area contributed by atoms with Gasteiger partial charge in [0.1, 0.15) is 18.4 Å². The minimum atomic E-state index is -6.87. The summed E-state index contributed by atoms with van der Waals surface area (Å²) in [6, 6.07) is 1.92. The van der Waals surface area contributed by atoms with Crippen LogP contribution >= 0.6 is 11.8 Å². The van der Waals surface area contributed by atoms with E-state index in [1.807, 2.05) is 0 Å². The summed E-state index contributed by atoms with van der Waals surface area (Å²) >= 11 is 0.966. The Bertz CT molecular complexity index is 2520. The molecule has 2 unspecified atom stereocenters. The van der Waals surface area contributed by atoms with Crippen molar-refractivity contribution in [1.82, 2.24) is 15.5 Å². The van der Waals surface area contributed by atoms with Crippen LogP contribution in [0.4, 0.5) is 30.7 Å². The van der Waals surface area contributed by atoms with Crippen LogP contribution in [0.5, 0.6) is 40.2 Å². The number of fused-ring (bicyclic) bond motifs is 9. The number of alkyl halides is 7. The Morgan fingerprint density at radius 3 is 2.40 bits per heavy atom. The van der Waals surface area contributed by atoms with Crippen LogP contribution in [0.2, 0.25) is 0 Å². The number of phenolic OH excluding ortho intramolecular Hbond substituents is 2. The lowest BCUT2D eigenvalue weighted by atomic mass is 9.72. The quantitative estimate of drug-likeness (QED) is 0.144. The molecule has 0 aromatic heterocycles. The van der Waals surface area contributed by atoms with Gasteiger partial charge in [-0.05, 0) is 61.1 Å². The van der Waals surface area contributed by atoms with Crippen LogP contribution in [0, 0.1) is 25.2 Å². The van der Waals surface area contributed by atoms with E-state index in [1.54, 1.807) is 17.9 Å². The normalized spacial score (nSPS) is 27.3. The molecule has 4 bridgehead atoms. The minimum absolute atomic E-state index is 0.0109. The zero-order chi connectivity index (χ0) is 45.3. The molecule has 3 aromatic rings. The summed E-state index contributed by atoms with van der Waals surface area (Å²) in [7, 11) is 2.66. The lowest BCUT2D eigenvalue weighted by Crippen LogP contribution is -2.69. The second kappa shape index (κ2) is 14.6. The molecule has 2 saturated heterocycles. The number of hydrogen-bond donors (Lipinski definition) is 4. The molecule has 63 heavy (non-hydrogen) atoms. The first-order chi connectivity index (χ1) is 29.7. The van der Waals surface area contributed by atoms with Gasteiger partial charge in [0.15, 0.2) is 40.0 Å². The number of thioether (sulfide) groups is 1. The van der Waals surface area contributed by atoms with E-state index in [1.165, 1.54) is 33.3 Å². The highest BCUT2D eigenvalue weighted by Crippen LogP contribution is 2.64. The first-order valence-corrected chi connectivity index (χ1v) is 20.6. The fourth-order valence-electron chi connectivity index (χ4n) is 10.1. The molecular formula is C41H37F7N4O10S. The highest BCUT2D eigenvalue weighted by atomic mass is 32.2. The predicted molar refractivity (Wildman–Crippen MR) is 204 cm³/mol. The van der Waals surface area contributed by atoms with Gasteiger partial charge in [-0.2, -0.15) is 36.0 Å². The molecule has 7 aliphatic rings. The van der Waals surface area contributed by atoms with Crippen molar-refractivity contribution in [2.24, 2.45) is 0 Å². The Morgan fingerprint density at radius 2 is 1.71 bits per heavy atom. The number of nitrogens with one attached hydrogen (secondary N) is 2. The van der Waals surface area contributed by atoms with E-state index in [0.717, 1.165) is 11.8 Å². The highest BCUT2D eigenvalue weighted by Gasteiger charge is 2.77. The van der Waals surface area contributed by atoms with Crippen LogP contribution in [-0.2, 0) is 32.7 Å². The number of carbonyl (C=O) groups excluding carboxylic acids is 2. The Balaban J connectivity index is 1.32. The number of piperazine rings is 1. The summed E-state index contributed by atoms with van der Waals surface area (Å²) < 4.78 is 134. The molecule has 0 saturated carbocycles. The molecule has 7 atom stereocenters. The Morgan fingerprint density at radius 1 is 0.984 bits per heavy atom. The first-order valence-electron chi connectivity index (χ1n) is 19.5. The van der Waals surface area contributed by atoms with Crippen molar-refractivity contribution in [1.29, 1.82) is 5.26 Å². The standard InChI is InChI=1S/C41H37F7N4O10S/c1-15-7-18-8-20-21(11-49)52-22-12-59-36(55)38(19-10-24(57-3)23(53)9-17(19)5-6-50-38)13-63-35(29(52)28(51-20)25(18)30(54)31(15)58-4)27-26(22)34-33(60-14-61-34)16(2)32(27)62-37(56)39(42,43)40(44,45)41(46,47)48/h7,9-10,20-22,28-29,35,50-51,53-54H,5-6,8,12-14H2,1-4H3/t20-,21-,22-,28?,29?,35+,38+/m0/s1. The van der Waals surface area contributed by atoms with Gasteiger partial charge < -0.3 is 44.0 Å². The molecular weight excluding hydrogens is 874 g/mol. The van der Waals surface area contributed by atoms with Crippen molar-refractivity contribution in [2.75, 3.05) is 39.9 Å². The van der Waals surface area contributed by atoms with Gasteiger partial charge in [0.25, 0.3) is 0 Å². The lowest BCUT2D eigenvalue weighted by molar-refractivity contribution is -0.346. The van der Waals surface area contributed by atoms with Gasteiger partial charge >= 0.3 is 30.0 Å². The topological polar surface area (TPSA) is 181 Å². The second-order valence-electron chi connectivity index (χ2n) is 16.1. The average Bonchev–Trinajstić information content (AvgIpc) is 3.73. The molecule has 14 nitrogen and oxygen atoms in total. The zero-order valence-electron chi connectivity index (χ0n) is 33.5. The molecule has 3 aromatic carbocycles. The van der Waals surface area contributed by atoms with Gasteiger partial charge in [-0.3, -0.25) is 10.2 Å². The number of rotatable bonds is 5. The summed E-state index contributed by atoms with van der Waals surface area (Å²) in [5.41, 5.74) is 0.187. The Labute approximate surface area is 357 Å². The maximum Gasteiger partial charge on any atom is 0.460 e. The summed E-state index contributed by atoms with van der Waals surface area (Å²) in [5, 5.41) is 39.0. The summed E-state index contributed by atoms with van der Waals surface area (Å²) in [6.45, 7) is 2.00. The van der Waals surface area contributed by atoms with E-state index in [-0.39, 0.29) is 69.9 Å². The molecule has 7 aliphatic heterocycles. The van der Waals surface area contributed by atoms with Crippen molar-refractivity contribution < 1.29 is 79.0 Å². The number of ether oxygens (including phenoxy) is 6. The van der Waals surface area contributed by atoms with Gasteiger partial charge in [-0.25, -0.2) is 9.59 Å². The molecule has 7 heterocycles. The van der Waals surface area contributed by atoms with E-state index in [4.69, 9.17) is 28.4 Å². The van der Waals surface area contributed by atoms with Gasteiger partial charge in [0.05, 0.1) is 37.6 Å². The van der Waals surface area contributed by atoms with Crippen LogP contribution in [0.25, 0.3) is 0 Å². The van der Waals surface area contributed by atoms with Crippen molar-refractivity contribution in [2.45, 2.75) is 85.7 Å². The largest absolute Gasteiger partial charge is 0.504 e. The number of hydrogen-bond acceptors (Lipinski definition) is 15. The number of benzene rings is 3. The van der Waals surface area contributed by atoms with Gasteiger partial charge in [-0.15, -0.1) is 11.8 Å². The number of halogens is 7. The third-order valence-electron chi connectivity index (χ3n) is 12.9. The highest BCUT2D eigenvalue weighted by molar-refractivity contribution is 7.99. The molecule has 336 valence electrons. The number of nitrogens with zero attached hydrogens (tertiary/aromatic N) is 2. The third-order valence-corrected chi connectivity index (χ3v) is 14.4. The molecule has 4 N–H and O–H groups in total. The first kappa shape index (κ1) is 42.9. The second-order valence-corrected chi connectivity index (χ2v) is 17.2. The van der Waals surface area contributed by atoms with Crippen molar-refractivity contribution >= 4 is 23.7 Å². The fourth-order valence-corrected chi connectivity index (χ4v) is 11.8. The molecule has 10 rings (SSSR count). The fraction of sp³-hybridized carbons (Fsp3) is 0.488. The van der Waals surface area contributed by atoms with Gasteiger partial charge in [0.2, 0.25) is 6.79 Å². The van der Waals surface area contributed by atoms with Crippen molar-refractivity contribution in [3.63, 3.8) is 0 Å². The number of methoxy groups -OCH3 is 2. The number of nitriles is 1. The minimum Gasteiger partial charge on any atom is -0.504 e. The van der Waals surface area contributed by atoms with Crippen molar-refractivity contribution in [3.8, 4) is 46.3 Å². The van der Waals surface area contributed by atoms with E-state index in [0.29, 0.717) is 34.2 Å². The number of aryl methyl sites for hydroxylation is 1. The molecule has 22 heteroatoms.